The highest BCUT2D eigenvalue weighted by atomic mass is 127. The molecular weight excluding hydrogens is 362 g/mol. The molecule has 0 aliphatic carbocycles. The first-order chi connectivity index (χ1) is 8.32. The maximum absolute atomic E-state index is 12.0. The van der Waals surface area contributed by atoms with E-state index in [0.29, 0.717) is 12.2 Å². The number of carbonyl (C=O) groups is 1. The normalized spacial score (nSPS) is 12.9. The van der Waals surface area contributed by atoms with Crippen molar-refractivity contribution in [2.45, 2.75) is 16.6 Å². The molecule has 0 bridgehead atoms. The first-order valence-corrected chi connectivity index (χ1v) is 6.22. The summed E-state index contributed by atoms with van der Waals surface area (Å²) in [6.45, 7) is 0. The van der Waals surface area contributed by atoms with Crippen LogP contribution in [0.3, 0.4) is 0 Å². The second kappa shape index (κ2) is 6.26. The molecule has 1 rings (SSSR count). The molecule has 1 unspecified atom stereocenters. The summed E-state index contributed by atoms with van der Waals surface area (Å²) in [5, 5.41) is 1.89. The van der Waals surface area contributed by atoms with Crippen LogP contribution in [0, 0.1) is 0 Å². The van der Waals surface area contributed by atoms with E-state index in [-0.39, 0.29) is 0 Å². The Kier molecular flexibility index (Phi) is 5.24. The Hall–Kier alpha value is -0.990. The topological polar surface area (TPSA) is 38.3 Å². The average Bonchev–Trinajstić information content (AvgIpc) is 2.27. The number of halogens is 4. The van der Waals surface area contributed by atoms with Crippen LogP contribution in [-0.2, 0) is 11.2 Å². The van der Waals surface area contributed by atoms with Crippen molar-refractivity contribution in [3.05, 3.63) is 29.8 Å². The van der Waals surface area contributed by atoms with Crippen LogP contribution in [0.4, 0.5) is 13.2 Å². The van der Waals surface area contributed by atoms with Crippen LogP contribution in [0.1, 0.15) is 5.56 Å². The van der Waals surface area contributed by atoms with Crippen molar-refractivity contribution in [3.8, 4) is 5.75 Å². The molecule has 7 heteroatoms. The maximum Gasteiger partial charge on any atom is 0.471 e. The molecule has 0 spiro atoms. The Morgan fingerprint density at radius 2 is 2.17 bits per heavy atom. The summed E-state index contributed by atoms with van der Waals surface area (Å²) < 4.78 is 40.5. The number of rotatable bonds is 4. The number of benzene rings is 1. The highest BCUT2D eigenvalue weighted by Gasteiger charge is 2.39. The van der Waals surface area contributed by atoms with Gasteiger partial charge in [-0.05, 0) is 17.7 Å². The third-order valence-electron chi connectivity index (χ3n) is 2.09. The van der Waals surface area contributed by atoms with Gasteiger partial charge in [0.25, 0.3) is 0 Å². The molecule has 0 aromatic heterocycles. The second-order valence-corrected chi connectivity index (χ2v) is 5.00. The van der Waals surface area contributed by atoms with E-state index in [0.717, 1.165) is 5.56 Å². The van der Waals surface area contributed by atoms with Crippen LogP contribution in [0.15, 0.2) is 24.3 Å². The van der Waals surface area contributed by atoms with Gasteiger partial charge in [-0.15, -0.1) is 0 Å². The molecule has 1 amide bonds. The lowest BCUT2D eigenvalue weighted by Crippen LogP contribution is -2.41. The van der Waals surface area contributed by atoms with Crippen molar-refractivity contribution in [2.24, 2.45) is 0 Å². The molecule has 1 atom stereocenters. The van der Waals surface area contributed by atoms with Crippen LogP contribution in [0.25, 0.3) is 0 Å². The van der Waals surface area contributed by atoms with Crippen molar-refractivity contribution in [2.75, 3.05) is 7.11 Å². The standard InChI is InChI=1S/C11H11F3INO2/c1-18-8-4-2-3-7(5-8)6-9(15)16-10(17)11(12,13)14/h2-5,9H,6H2,1H3,(H,16,17). The first-order valence-electron chi connectivity index (χ1n) is 4.97. The lowest BCUT2D eigenvalue weighted by molar-refractivity contribution is -0.173. The number of carbonyl (C=O) groups excluding carboxylic acids is 1. The van der Waals surface area contributed by atoms with E-state index in [4.69, 9.17) is 4.74 Å². The number of ether oxygens (including phenoxy) is 1. The zero-order chi connectivity index (χ0) is 13.8. The third-order valence-corrected chi connectivity index (χ3v) is 2.85. The highest BCUT2D eigenvalue weighted by Crippen LogP contribution is 2.18. The molecule has 3 nitrogen and oxygen atoms in total. The van der Waals surface area contributed by atoms with Gasteiger partial charge < -0.3 is 10.1 Å². The fourth-order valence-electron chi connectivity index (χ4n) is 1.28. The fraction of sp³-hybridized carbons (Fsp3) is 0.364. The minimum absolute atomic E-state index is 0.291. The third kappa shape index (κ3) is 4.71. The second-order valence-electron chi connectivity index (χ2n) is 3.49. The molecule has 0 fully saturated rings. The largest absolute Gasteiger partial charge is 0.497 e. The number of amides is 1. The van der Waals surface area contributed by atoms with E-state index in [1.54, 1.807) is 46.9 Å². The minimum Gasteiger partial charge on any atom is -0.497 e. The summed E-state index contributed by atoms with van der Waals surface area (Å²) in [5.74, 6) is -1.30. The van der Waals surface area contributed by atoms with Gasteiger partial charge in [0.1, 0.15) is 5.75 Å². The van der Waals surface area contributed by atoms with Gasteiger partial charge in [-0.3, -0.25) is 4.79 Å². The highest BCUT2D eigenvalue weighted by molar-refractivity contribution is 14.1. The Morgan fingerprint density at radius 1 is 1.50 bits per heavy atom. The minimum atomic E-state index is -4.85. The van der Waals surface area contributed by atoms with Crippen LogP contribution in [0.5, 0.6) is 5.75 Å². The maximum atomic E-state index is 12.0. The Labute approximate surface area is 116 Å². The van der Waals surface area contributed by atoms with Crippen molar-refractivity contribution in [1.29, 1.82) is 0 Å². The van der Waals surface area contributed by atoms with Gasteiger partial charge in [-0.1, -0.05) is 34.7 Å². The summed E-state index contributed by atoms with van der Waals surface area (Å²) in [4.78, 5) is 10.7. The fourth-order valence-corrected chi connectivity index (χ4v) is 2.07. The molecular formula is C11H11F3INO2. The molecule has 1 N–H and O–H groups in total. The van der Waals surface area contributed by atoms with E-state index < -0.39 is 16.1 Å². The number of alkyl halides is 4. The monoisotopic (exact) mass is 373 g/mol. The quantitative estimate of drug-likeness (QED) is 0.501. The Morgan fingerprint density at radius 3 is 2.72 bits per heavy atom. The zero-order valence-corrected chi connectivity index (χ0v) is 11.6. The van der Waals surface area contributed by atoms with Crippen molar-refractivity contribution in [1.82, 2.24) is 5.32 Å². The van der Waals surface area contributed by atoms with E-state index in [1.165, 1.54) is 7.11 Å². The summed E-state index contributed by atoms with van der Waals surface area (Å²) >= 11 is 1.75. The molecule has 100 valence electrons. The summed E-state index contributed by atoms with van der Waals surface area (Å²) in [5.41, 5.74) is 0.788. The molecule has 0 aliphatic heterocycles. The molecule has 0 heterocycles. The van der Waals surface area contributed by atoms with Gasteiger partial charge in [0, 0.05) is 6.42 Å². The van der Waals surface area contributed by atoms with Crippen molar-refractivity contribution in [3.63, 3.8) is 0 Å². The van der Waals surface area contributed by atoms with Gasteiger partial charge in [0.15, 0.2) is 0 Å². The summed E-state index contributed by atoms with van der Waals surface area (Å²) in [7, 11) is 1.51. The van der Waals surface area contributed by atoms with Gasteiger partial charge in [-0.2, -0.15) is 13.2 Å². The van der Waals surface area contributed by atoms with E-state index in [1.807, 2.05) is 5.32 Å². The number of hydrogen-bond donors (Lipinski definition) is 1. The van der Waals surface area contributed by atoms with Crippen molar-refractivity contribution >= 4 is 28.5 Å². The molecule has 0 aliphatic rings. The lowest BCUT2D eigenvalue weighted by Gasteiger charge is -2.14. The van der Waals surface area contributed by atoms with Crippen LogP contribution >= 0.6 is 22.6 Å². The van der Waals surface area contributed by atoms with Gasteiger partial charge in [0.2, 0.25) is 0 Å². The lowest BCUT2D eigenvalue weighted by atomic mass is 10.1. The summed E-state index contributed by atoms with van der Waals surface area (Å²) in [6, 6.07) is 6.95. The first kappa shape index (κ1) is 15.1. The van der Waals surface area contributed by atoms with E-state index in [9.17, 15) is 18.0 Å². The molecule has 0 radical (unpaired) electrons. The molecule has 18 heavy (non-hydrogen) atoms. The van der Waals surface area contributed by atoms with Crippen molar-refractivity contribution < 1.29 is 22.7 Å². The molecule has 0 saturated heterocycles. The van der Waals surface area contributed by atoms with E-state index in [2.05, 4.69) is 0 Å². The van der Waals surface area contributed by atoms with E-state index >= 15 is 0 Å². The van der Waals surface area contributed by atoms with Gasteiger partial charge in [-0.25, -0.2) is 0 Å². The van der Waals surface area contributed by atoms with Crippen LogP contribution < -0.4 is 10.1 Å². The molecule has 1 aromatic carbocycles. The predicted molar refractivity (Wildman–Crippen MR) is 68.7 cm³/mol. The van der Waals surface area contributed by atoms with Gasteiger partial charge in [0.05, 0.1) is 11.2 Å². The smallest absolute Gasteiger partial charge is 0.471 e. The average molecular weight is 373 g/mol. The zero-order valence-electron chi connectivity index (χ0n) is 9.42. The Bertz CT molecular complexity index is 423. The van der Waals surface area contributed by atoms with Crippen LogP contribution in [-0.4, -0.2) is 23.2 Å². The SMILES string of the molecule is COc1cccc(CC(I)NC(=O)C(F)(F)F)c1. The van der Waals surface area contributed by atoms with Crippen LogP contribution in [0.2, 0.25) is 0 Å². The number of hydrogen-bond acceptors (Lipinski definition) is 2. The number of nitrogens with one attached hydrogen (secondary N) is 1. The molecule has 1 aromatic rings. The predicted octanol–water partition coefficient (Wildman–Crippen LogP) is 2.68. The van der Waals surface area contributed by atoms with Gasteiger partial charge >= 0.3 is 12.1 Å². The number of methoxy groups -OCH3 is 1. The Balaban J connectivity index is 2.59. The summed E-state index contributed by atoms with van der Waals surface area (Å²) in [6.07, 6.45) is -4.56. The molecule has 0 saturated carbocycles.